The van der Waals surface area contributed by atoms with E-state index in [2.05, 4.69) is 47.6 Å². The molecule has 5 aliphatic rings. The third-order valence-electron chi connectivity index (χ3n) is 17.0. The maximum Gasteiger partial charge on any atom is 0.187 e. The fourth-order valence-corrected chi connectivity index (χ4v) is 12.5. The van der Waals surface area contributed by atoms with E-state index in [0.29, 0.717) is 25.7 Å². The predicted molar refractivity (Wildman–Crippen MR) is 239 cm³/mol. The van der Waals surface area contributed by atoms with Gasteiger partial charge >= 0.3 is 0 Å². The van der Waals surface area contributed by atoms with Crippen LogP contribution in [-0.2, 0) is 28.4 Å². The average molecular weight is 967 g/mol. The molecule has 23 atom stereocenters. The molecule has 0 aromatic rings. The van der Waals surface area contributed by atoms with Gasteiger partial charge in [0.1, 0.15) is 73.2 Å². The summed E-state index contributed by atoms with van der Waals surface area (Å²) >= 11 is 0. The fraction of sp³-hybridized carbons (Fsp3) is 0.958. The number of aliphatic hydroxyl groups excluding tert-OH is 12. The minimum Gasteiger partial charge on any atom is -0.396 e. The second-order valence-corrected chi connectivity index (χ2v) is 22.1. The Kier molecular flexibility index (Phi) is 19.4. The molecule has 3 heterocycles. The second-order valence-electron chi connectivity index (χ2n) is 22.1. The Bertz CT molecular complexity index is 1580. The van der Waals surface area contributed by atoms with Crippen molar-refractivity contribution in [2.24, 2.45) is 39.9 Å². The van der Waals surface area contributed by atoms with Crippen molar-refractivity contribution in [1.29, 1.82) is 0 Å². The van der Waals surface area contributed by atoms with Gasteiger partial charge in [-0.1, -0.05) is 53.2 Å². The van der Waals surface area contributed by atoms with Crippen LogP contribution >= 0.6 is 0 Å². The van der Waals surface area contributed by atoms with Crippen LogP contribution in [0.4, 0.5) is 0 Å². The van der Waals surface area contributed by atoms with Crippen molar-refractivity contribution in [3.05, 3.63) is 11.6 Å². The lowest BCUT2D eigenvalue weighted by Crippen LogP contribution is -2.62. The molecule has 392 valence electrons. The van der Waals surface area contributed by atoms with E-state index in [0.717, 1.165) is 25.7 Å². The summed E-state index contributed by atoms with van der Waals surface area (Å²) in [6.07, 6.45) is -16.0. The quantitative estimate of drug-likeness (QED) is 0.0732. The summed E-state index contributed by atoms with van der Waals surface area (Å²) in [4.78, 5) is 0. The Morgan fingerprint density at radius 2 is 1.19 bits per heavy atom. The van der Waals surface area contributed by atoms with Crippen LogP contribution in [0.5, 0.6) is 0 Å². The van der Waals surface area contributed by atoms with E-state index in [1.54, 1.807) is 13.8 Å². The molecule has 67 heavy (non-hydrogen) atoms. The summed E-state index contributed by atoms with van der Waals surface area (Å²) in [7, 11) is 0. The molecule has 0 amide bonds. The van der Waals surface area contributed by atoms with E-state index in [1.807, 2.05) is 6.92 Å². The van der Waals surface area contributed by atoms with E-state index in [1.165, 1.54) is 5.57 Å². The summed E-state index contributed by atoms with van der Waals surface area (Å²) in [5.41, 5.74) is -1.14. The number of ether oxygens (including phenoxy) is 6. The number of hydrogen-bond acceptors (Lipinski definition) is 19. The Labute approximate surface area is 395 Å². The minimum atomic E-state index is -1.75. The van der Waals surface area contributed by atoms with Gasteiger partial charge in [-0.25, -0.2) is 0 Å². The molecular formula is C48H86O19. The smallest absolute Gasteiger partial charge is 0.187 e. The molecule has 3 aliphatic heterocycles. The molecule has 0 bridgehead atoms. The highest BCUT2D eigenvalue weighted by atomic mass is 16.7. The number of hydrogen-bond donors (Lipinski definition) is 13. The molecular weight excluding hydrogens is 881 g/mol. The Morgan fingerprint density at radius 3 is 1.73 bits per heavy atom. The van der Waals surface area contributed by atoms with Crippen molar-refractivity contribution in [2.45, 2.75) is 224 Å². The van der Waals surface area contributed by atoms with Gasteiger partial charge in [0, 0.05) is 12.0 Å². The van der Waals surface area contributed by atoms with Gasteiger partial charge in [0.25, 0.3) is 0 Å². The predicted octanol–water partition coefficient (Wildman–Crippen LogP) is -0.418. The van der Waals surface area contributed by atoms with Gasteiger partial charge < -0.3 is 94.8 Å². The number of allylic oxidation sites excluding steroid dienone is 1. The first-order valence-corrected chi connectivity index (χ1v) is 24.5. The first-order valence-electron chi connectivity index (χ1n) is 24.5. The second kappa shape index (κ2) is 22.8. The zero-order chi connectivity index (χ0) is 50.1. The van der Waals surface area contributed by atoms with Crippen LogP contribution < -0.4 is 0 Å². The van der Waals surface area contributed by atoms with Gasteiger partial charge in [0.15, 0.2) is 18.9 Å². The Morgan fingerprint density at radius 1 is 0.672 bits per heavy atom. The van der Waals surface area contributed by atoms with Gasteiger partial charge in [-0.3, -0.25) is 0 Å². The fourth-order valence-electron chi connectivity index (χ4n) is 12.5. The molecule has 2 aliphatic carbocycles. The van der Waals surface area contributed by atoms with E-state index >= 15 is 0 Å². The third kappa shape index (κ3) is 11.8. The SMILES string of the molecule is CC=C1[C@H]([C@@H](C)C[C@]2(C)CC[C@H]([C@H](C)CC[C@@H](O[C@@H]3O[C@H](CO[C@@H]4O[C@H](CO)[C@@H](O)[C@H](O)[C@H]4O)[C@@H](O)[C@H](O)[C@H]3O)C(C)(C)O)[C@@]2(C)CCO)CC[C@H](O[C@@H]2O[C@H](CO)[C@@H](O)[C@H](O)[C@H]2O)C1(C)C. The maximum absolute atomic E-state index is 11.4. The zero-order valence-electron chi connectivity index (χ0n) is 41.0. The lowest BCUT2D eigenvalue weighted by Gasteiger charge is -2.52. The number of aliphatic hydroxyl groups is 13. The molecule has 3 saturated heterocycles. The van der Waals surface area contributed by atoms with Crippen molar-refractivity contribution in [3.63, 3.8) is 0 Å². The molecule has 13 N–H and O–H groups in total. The maximum atomic E-state index is 11.4. The molecule has 0 radical (unpaired) electrons. The lowest BCUT2D eigenvalue weighted by molar-refractivity contribution is -0.341. The van der Waals surface area contributed by atoms with Crippen LogP contribution in [0.3, 0.4) is 0 Å². The lowest BCUT2D eigenvalue weighted by atomic mass is 9.55. The molecule has 0 unspecified atom stereocenters. The monoisotopic (exact) mass is 967 g/mol. The molecule has 0 aromatic carbocycles. The van der Waals surface area contributed by atoms with Crippen LogP contribution in [0.25, 0.3) is 0 Å². The van der Waals surface area contributed by atoms with Crippen molar-refractivity contribution in [2.75, 3.05) is 26.4 Å². The zero-order valence-corrected chi connectivity index (χ0v) is 41.0. The molecule has 2 saturated carbocycles. The topological polar surface area (TPSA) is 318 Å². The molecule has 5 fully saturated rings. The Hall–Kier alpha value is -1.02. The average Bonchev–Trinajstić information content (AvgIpc) is 3.52. The van der Waals surface area contributed by atoms with Crippen LogP contribution in [0.2, 0.25) is 0 Å². The standard InChI is InChI=1S/C48H86O19/c1-10-26-25(12-14-31(45(26,4)5)66-43-40(59)37(56)34(53)29(21-51)64-43)24(3)19-47(8)16-15-27(48(47,9)17-18-49)23(2)11-13-32(46(6,7)61)67-44-41(60)38(57)35(54)30(65-44)22-62-42-39(58)36(55)33(52)28(20-50)63-42/h10,23-25,27-44,49-61H,11-22H2,1-9H3/t23-,24+,25+,27-,28-,29-,30-,31+,32-,33-,34-,35-,36+,37+,38+,39-,40-,41-,42-,43+,44+,47+,48-/m1/s1. The van der Waals surface area contributed by atoms with Gasteiger partial charge in [0.2, 0.25) is 0 Å². The highest BCUT2D eigenvalue weighted by molar-refractivity contribution is 5.22. The molecule has 5 rings (SSSR count). The first-order chi connectivity index (χ1) is 31.2. The van der Waals surface area contributed by atoms with E-state index in [-0.39, 0.29) is 47.2 Å². The molecule has 0 aromatic heterocycles. The van der Waals surface area contributed by atoms with Crippen molar-refractivity contribution < 1.29 is 94.8 Å². The van der Waals surface area contributed by atoms with Crippen molar-refractivity contribution in [1.82, 2.24) is 0 Å². The summed E-state index contributed by atoms with van der Waals surface area (Å²) in [6, 6.07) is 0. The van der Waals surface area contributed by atoms with E-state index in [4.69, 9.17) is 28.4 Å². The highest BCUT2D eigenvalue weighted by Gasteiger charge is 2.57. The summed E-state index contributed by atoms with van der Waals surface area (Å²) in [6.45, 7) is 16.7. The van der Waals surface area contributed by atoms with Crippen molar-refractivity contribution >= 4 is 0 Å². The van der Waals surface area contributed by atoms with Gasteiger partial charge in [0.05, 0.1) is 37.6 Å². The highest BCUT2D eigenvalue weighted by Crippen LogP contribution is 2.64. The van der Waals surface area contributed by atoms with Crippen molar-refractivity contribution in [3.8, 4) is 0 Å². The normalized spacial score (nSPS) is 46.1. The molecule has 0 spiro atoms. The minimum absolute atomic E-state index is 0.0129. The van der Waals surface area contributed by atoms with Crippen LogP contribution in [0, 0.1) is 39.9 Å². The van der Waals surface area contributed by atoms with Crippen LogP contribution in [0.1, 0.15) is 114 Å². The largest absolute Gasteiger partial charge is 0.396 e. The summed E-state index contributed by atoms with van der Waals surface area (Å²) < 4.78 is 35.2. The van der Waals surface area contributed by atoms with Crippen LogP contribution in [0.15, 0.2) is 11.6 Å². The van der Waals surface area contributed by atoms with Gasteiger partial charge in [-0.2, -0.15) is 0 Å². The van der Waals surface area contributed by atoms with Gasteiger partial charge in [-0.15, -0.1) is 0 Å². The summed E-state index contributed by atoms with van der Waals surface area (Å²) in [5.74, 6) is 0.747. The molecule has 19 heteroatoms. The van der Waals surface area contributed by atoms with Crippen LogP contribution in [-0.4, -0.2) is 203 Å². The van der Waals surface area contributed by atoms with Gasteiger partial charge in [-0.05, 0) is 107 Å². The number of rotatable bonds is 19. The summed E-state index contributed by atoms with van der Waals surface area (Å²) in [5, 5.41) is 136. The van der Waals surface area contributed by atoms with E-state index in [9.17, 15) is 66.4 Å². The first kappa shape index (κ1) is 56.9. The Balaban J connectivity index is 1.23. The third-order valence-corrected chi connectivity index (χ3v) is 17.0. The molecule has 19 nitrogen and oxygen atoms in total. The van der Waals surface area contributed by atoms with E-state index < -0.39 is 129 Å².